The molecule has 0 radical (unpaired) electrons. The van der Waals surface area contributed by atoms with Crippen LogP contribution in [0.5, 0.6) is 5.75 Å². The molecule has 1 atom stereocenters. The van der Waals surface area contributed by atoms with Gasteiger partial charge in [0.05, 0.1) is 5.25 Å². The van der Waals surface area contributed by atoms with Gasteiger partial charge in [0.15, 0.2) is 12.4 Å². The molecule has 0 heterocycles. The zero-order valence-corrected chi connectivity index (χ0v) is 15.5. The number of ketones is 1. The first-order chi connectivity index (χ1) is 12.5. The normalized spacial score (nSPS) is 11.5. The Hall–Kier alpha value is -2.60. The van der Waals surface area contributed by atoms with Crippen LogP contribution in [-0.2, 0) is 16.0 Å². The second-order valence-electron chi connectivity index (χ2n) is 5.78. The van der Waals surface area contributed by atoms with Crippen molar-refractivity contribution in [3.63, 3.8) is 0 Å². The van der Waals surface area contributed by atoms with Crippen LogP contribution in [0, 0.1) is 6.92 Å². The van der Waals surface area contributed by atoms with Crippen LogP contribution >= 0.6 is 11.8 Å². The second kappa shape index (κ2) is 9.77. The second-order valence-corrected chi connectivity index (χ2v) is 6.82. The first kappa shape index (κ1) is 19.7. The average Bonchev–Trinajstić information content (AvgIpc) is 2.65. The van der Waals surface area contributed by atoms with Crippen LogP contribution in [0.15, 0.2) is 48.5 Å². The van der Waals surface area contributed by atoms with Gasteiger partial charge in [-0.1, -0.05) is 42.0 Å². The van der Waals surface area contributed by atoms with Crippen LogP contribution < -0.4 is 10.1 Å². The van der Waals surface area contributed by atoms with Crippen molar-refractivity contribution in [3.05, 3.63) is 65.2 Å². The average molecular weight is 371 g/mol. The highest BCUT2D eigenvalue weighted by molar-refractivity contribution is 7.99. The molecular weight excluding hydrogens is 350 g/mol. The van der Waals surface area contributed by atoms with E-state index < -0.39 is 0 Å². The summed E-state index contributed by atoms with van der Waals surface area (Å²) >= 11 is 1.38. The molecule has 26 heavy (non-hydrogen) atoms. The van der Waals surface area contributed by atoms with Gasteiger partial charge in [-0.15, -0.1) is 0 Å². The predicted molar refractivity (Wildman–Crippen MR) is 103 cm³/mol. The van der Waals surface area contributed by atoms with Gasteiger partial charge < -0.3 is 4.74 Å². The number of rotatable bonds is 9. The Bertz CT molecular complexity index is 756. The molecule has 0 fully saturated rings. The van der Waals surface area contributed by atoms with Crippen molar-refractivity contribution in [2.24, 2.45) is 0 Å². The molecule has 0 saturated heterocycles. The van der Waals surface area contributed by atoms with Crippen molar-refractivity contribution in [2.75, 3.05) is 12.9 Å². The zero-order chi connectivity index (χ0) is 18.9. The lowest BCUT2D eigenvalue weighted by atomic mass is 10.1. The van der Waals surface area contributed by atoms with Gasteiger partial charge in [0.1, 0.15) is 5.75 Å². The van der Waals surface area contributed by atoms with E-state index in [9.17, 15) is 14.4 Å². The SMILES string of the molecule is CSC(Cc1ccc(OCC(=O)c2ccc(C)cc2)cc1)C(=O)NC=O. The molecule has 0 aromatic heterocycles. The Morgan fingerprint density at radius 1 is 1.12 bits per heavy atom. The molecule has 6 heteroatoms. The first-order valence-electron chi connectivity index (χ1n) is 8.12. The summed E-state index contributed by atoms with van der Waals surface area (Å²) in [5.41, 5.74) is 2.67. The lowest BCUT2D eigenvalue weighted by Gasteiger charge is -2.12. The predicted octanol–water partition coefficient (Wildman–Crippen LogP) is 2.80. The van der Waals surface area contributed by atoms with E-state index in [0.717, 1.165) is 11.1 Å². The third kappa shape index (κ3) is 5.74. The van der Waals surface area contributed by atoms with Gasteiger partial charge in [-0.2, -0.15) is 11.8 Å². The summed E-state index contributed by atoms with van der Waals surface area (Å²) in [7, 11) is 0. The Kier molecular flexibility index (Phi) is 7.41. The first-order valence-corrected chi connectivity index (χ1v) is 9.40. The lowest BCUT2D eigenvalue weighted by Crippen LogP contribution is -2.32. The maximum absolute atomic E-state index is 12.1. The summed E-state index contributed by atoms with van der Waals surface area (Å²) in [6.45, 7) is 1.94. The molecule has 2 rings (SSSR count). The number of hydrogen-bond donors (Lipinski definition) is 1. The molecule has 0 aliphatic heterocycles. The van der Waals surface area contributed by atoms with E-state index in [4.69, 9.17) is 4.74 Å². The molecule has 136 valence electrons. The van der Waals surface area contributed by atoms with Gasteiger partial charge in [0.25, 0.3) is 0 Å². The van der Waals surface area contributed by atoms with E-state index in [1.54, 1.807) is 24.3 Å². The van der Waals surface area contributed by atoms with Crippen molar-refractivity contribution in [2.45, 2.75) is 18.6 Å². The standard InChI is InChI=1S/C20H21NO4S/c1-14-3-7-16(8-4-14)18(23)12-25-17-9-5-15(6-10-17)11-19(26-2)20(24)21-13-22/h3-10,13,19H,11-12H2,1-2H3,(H,21,22,24). The van der Waals surface area contributed by atoms with Crippen molar-refractivity contribution in [1.82, 2.24) is 5.32 Å². The molecule has 5 nitrogen and oxygen atoms in total. The Labute approximate surface area is 157 Å². The summed E-state index contributed by atoms with van der Waals surface area (Å²) in [6.07, 6.45) is 2.72. The largest absolute Gasteiger partial charge is 0.485 e. The number of hydrogen-bond acceptors (Lipinski definition) is 5. The molecule has 0 saturated carbocycles. The molecule has 0 spiro atoms. The fourth-order valence-electron chi connectivity index (χ4n) is 2.34. The van der Waals surface area contributed by atoms with Gasteiger partial charge in [-0.05, 0) is 37.3 Å². The molecule has 1 unspecified atom stereocenters. The quantitative estimate of drug-likeness (QED) is 0.542. The highest BCUT2D eigenvalue weighted by Gasteiger charge is 2.17. The van der Waals surface area contributed by atoms with Gasteiger partial charge in [-0.25, -0.2) is 0 Å². The fraction of sp³-hybridized carbons (Fsp3) is 0.250. The molecule has 0 aliphatic rings. The van der Waals surface area contributed by atoms with Crippen LogP contribution in [0.2, 0.25) is 0 Å². The topological polar surface area (TPSA) is 72.5 Å². The maximum atomic E-state index is 12.1. The molecule has 2 amide bonds. The third-order valence-electron chi connectivity index (χ3n) is 3.87. The smallest absolute Gasteiger partial charge is 0.239 e. The van der Waals surface area contributed by atoms with E-state index in [2.05, 4.69) is 5.32 Å². The summed E-state index contributed by atoms with van der Waals surface area (Å²) in [6, 6.07) is 14.6. The molecule has 2 aromatic rings. The fourth-order valence-corrected chi connectivity index (χ4v) is 2.98. The highest BCUT2D eigenvalue weighted by Crippen LogP contribution is 2.18. The van der Waals surface area contributed by atoms with Gasteiger partial charge in [0, 0.05) is 5.56 Å². The van der Waals surface area contributed by atoms with Crippen LogP contribution in [0.25, 0.3) is 0 Å². The molecule has 2 aromatic carbocycles. The Balaban J connectivity index is 1.90. The molecule has 1 N–H and O–H groups in total. The van der Waals surface area contributed by atoms with Crippen LogP contribution in [0.3, 0.4) is 0 Å². The monoisotopic (exact) mass is 371 g/mol. The molecule has 0 aliphatic carbocycles. The number of imide groups is 1. The maximum Gasteiger partial charge on any atom is 0.239 e. The number of amides is 2. The summed E-state index contributed by atoms with van der Waals surface area (Å²) in [5, 5.41) is 1.84. The number of benzene rings is 2. The number of Topliss-reactive ketones (excluding diaryl/α,β-unsaturated/α-hetero) is 1. The van der Waals surface area contributed by atoms with E-state index in [1.165, 1.54) is 11.8 Å². The Morgan fingerprint density at radius 3 is 2.35 bits per heavy atom. The van der Waals surface area contributed by atoms with Crippen LogP contribution in [0.1, 0.15) is 21.5 Å². The number of nitrogens with one attached hydrogen (secondary N) is 1. The highest BCUT2D eigenvalue weighted by atomic mass is 32.2. The molecule has 0 bridgehead atoms. The number of carbonyl (C=O) groups is 3. The van der Waals surface area contributed by atoms with E-state index in [1.807, 2.05) is 37.4 Å². The van der Waals surface area contributed by atoms with E-state index in [-0.39, 0.29) is 23.5 Å². The van der Waals surface area contributed by atoms with Crippen molar-refractivity contribution in [3.8, 4) is 5.75 Å². The van der Waals surface area contributed by atoms with Crippen molar-refractivity contribution >= 4 is 29.9 Å². The Morgan fingerprint density at radius 2 is 1.77 bits per heavy atom. The minimum atomic E-state index is -0.338. The molecular formula is C20H21NO4S. The number of thioether (sulfide) groups is 1. The zero-order valence-electron chi connectivity index (χ0n) is 14.7. The van der Waals surface area contributed by atoms with Crippen molar-refractivity contribution < 1.29 is 19.1 Å². The number of aryl methyl sites for hydroxylation is 1. The van der Waals surface area contributed by atoms with Crippen molar-refractivity contribution in [1.29, 1.82) is 0 Å². The lowest BCUT2D eigenvalue weighted by molar-refractivity contribution is -0.124. The minimum Gasteiger partial charge on any atom is -0.485 e. The summed E-state index contributed by atoms with van der Waals surface area (Å²) < 4.78 is 5.54. The minimum absolute atomic E-state index is 0.0302. The van der Waals surface area contributed by atoms with Gasteiger partial charge in [0.2, 0.25) is 12.3 Å². The van der Waals surface area contributed by atoms with E-state index in [0.29, 0.717) is 24.1 Å². The van der Waals surface area contributed by atoms with Crippen LogP contribution in [-0.4, -0.2) is 36.2 Å². The van der Waals surface area contributed by atoms with Crippen LogP contribution in [0.4, 0.5) is 0 Å². The summed E-state index contributed by atoms with van der Waals surface area (Å²) in [5.74, 6) is 0.200. The van der Waals surface area contributed by atoms with E-state index >= 15 is 0 Å². The number of carbonyl (C=O) groups excluding carboxylic acids is 3. The van der Waals surface area contributed by atoms with Gasteiger partial charge >= 0.3 is 0 Å². The number of ether oxygens (including phenoxy) is 1. The van der Waals surface area contributed by atoms with Gasteiger partial charge in [-0.3, -0.25) is 19.7 Å². The third-order valence-corrected chi connectivity index (χ3v) is 4.82. The summed E-state index contributed by atoms with van der Waals surface area (Å²) in [4.78, 5) is 34.3.